The number of carbonyl (C=O) groups is 2. The number of hydrogen-bond acceptors (Lipinski definition) is 4. The first kappa shape index (κ1) is 15.3. The summed E-state index contributed by atoms with van der Waals surface area (Å²) < 4.78 is 0.763. The van der Waals surface area contributed by atoms with E-state index in [-0.39, 0.29) is 0 Å². The highest BCUT2D eigenvalue weighted by atomic mass is 35.5. The van der Waals surface area contributed by atoms with Crippen LogP contribution in [0.4, 0.5) is 15.6 Å². The molecule has 4 N–H and O–H groups in total. The molecule has 0 radical (unpaired) electrons. The van der Waals surface area contributed by atoms with Crippen LogP contribution in [-0.4, -0.2) is 16.9 Å². The van der Waals surface area contributed by atoms with Gasteiger partial charge in [0.1, 0.15) is 0 Å². The Labute approximate surface area is 140 Å². The van der Waals surface area contributed by atoms with Crippen molar-refractivity contribution < 1.29 is 9.59 Å². The summed E-state index contributed by atoms with van der Waals surface area (Å²) in [6, 6.07) is 11.3. The summed E-state index contributed by atoms with van der Waals surface area (Å²) in [5.41, 5.74) is 6.90. The molecule has 0 aliphatic rings. The summed E-state index contributed by atoms with van der Waals surface area (Å²) in [5.74, 6) is -0.506. The highest BCUT2D eigenvalue weighted by Gasteiger charge is 2.10. The fraction of sp³-hybridized carbons (Fsp3) is 0. The molecule has 1 heterocycles. The van der Waals surface area contributed by atoms with E-state index in [1.807, 2.05) is 0 Å². The molecule has 0 bridgehead atoms. The number of rotatable bonds is 3. The number of nitrogens with one attached hydrogen (secondary N) is 2. The Morgan fingerprint density at radius 2 is 1.96 bits per heavy atom. The number of hydrogen-bond donors (Lipinski definition) is 3. The minimum atomic E-state index is -0.506. The molecule has 0 aliphatic carbocycles. The number of anilines is 2. The third-order valence-corrected chi connectivity index (χ3v) is 4.14. The van der Waals surface area contributed by atoms with Gasteiger partial charge in [0.2, 0.25) is 5.91 Å². The van der Waals surface area contributed by atoms with E-state index in [4.69, 9.17) is 17.3 Å². The third kappa shape index (κ3) is 3.58. The van der Waals surface area contributed by atoms with Crippen molar-refractivity contribution in [2.45, 2.75) is 0 Å². The maximum atomic E-state index is 12.0. The predicted molar refractivity (Wildman–Crippen MR) is 92.2 cm³/mol. The molecule has 3 amide bonds. The number of nitrogens with zero attached hydrogens (tertiary/aromatic N) is 1. The maximum absolute atomic E-state index is 12.0. The largest absolute Gasteiger partial charge is 0.366 e. The number of carbonyl (C=O) groups excluding carboxylic acids is 2. The van der Waals surface area contributed by atoms with E-state index in [2.05, 4.69) is 15.6 Å². The maximum Gasteiger partial charge on any atom is 0.325 e. The number of nitrogens with two attached hydrogens (primary N) is 1. The van der Waals surface area contributed by atoms with E-state index < -0.39 is 11.9 Å². The van der Waals surface area contributed by atoms with Gasteiger partial charge in [-0.05, 0) is 36.4 Å². The topological polar surface area (TPSA) is 97.1 Å². The second kappa shape index (κ2) is 6.23. The summed E-state index contributed by atoms with van der Waals surface area (Å²) in [5, 5.41) is 6.26. The molecule has 0 spiro atoms. The van der Waals surface area contributed by atoms with Crippen molar-refractivity contribution in [3.63, 3.8) is 0 Å². The van der Waals surface area contributed by atoms with E-state index in [1.54, 1.807) is 42.5 Å². The summed E-state index contributed by atoms with van der Waals surface area (Å²) >= 11 is 7.12. The van der Waals surface area contributed by atoms with Crippen LogP contribution in [0.25, 0.3) is 10.2 Å². The SMILES string of the molecule is NC(=O)c1ccc2nc(NC(=O)Nc3cccc(Cl)c3)sc2c1. The number of amides is 3. The first-order valence-corrected chi connectivity index (χ1v) is 7.75. The molecular weight excluding hydrogens is 336 g/mol. The van der Waals surface area contributed by atoms with Gasteiger partial charge in [0.05, 0.1) is 10.2 Å². The molecule has 3 aromatic rings. The lowest BCUT2D eigenvalue weighted by molar-refractivity contribution is 0.100. The number of primary amides is 1. The summed E-state index contributed by atoms with van der Waals surface area (Å²) in [7, 11) is 0. The monoisotopic (exact) mass is 346 g/mol. The molecule has 0 aliphatic heterocycles. The smallest absolute Gasteiger partial charge is 0.325 e. The Kier molecular flexibility index (Phi) is 4.14. The number of fused-ring (bicyclic) bond motifs is 1. The van der Waals surface area contributed by atoms with Gasteiger partial charge in [0.15, 0.2) is 5.13 Å². The van der Waals surface area contributed by atoms with Gasteiger partial charge in [-0.25, -0.2) is 9.78 Å². The van der Waals surface area contributed by atoms with Gasteiger partial charge in [-0.15, -0.1) is 0 Å². The van der Waals surface area contributed by atoms with E-state index in [9.17, 15) is 9.59 Å². The van der Waals surface area contributed by atoms with Crippen molar-refractivity contribution in [2.24, 2.45) is 5.73 Å². The van der Waals surface area contributed by atoms with Gasteiger partial charge in [0.25, 0.3) is 0 Å². The fourth-order valence-corrected chi connectivity index (χ4v) is 3.05. The zero-order valence-corrected chi connectivity index (χ0v) is 13.2. The molecule has 0 atom stereocenters. The van der Waals surface area contributed by atoms with Crippen molar-refractivity contribution in [3.8, 4) is 0 Å². The summed E-state index contributed by atoms with van der Waals surface area (Å²) in [6.45, 7) is 0. The van der Waals surface area contributed by atoms with E-state index in [0.717, 1.165) is 4.70 Å². The highest BCUT2D eigenvalue weighted by Crippen LogP contribution is 2.27. The molecule has 23 heavy (non-hydrogen) atoms. The number of aromatic nitrogens is 1. The molecule has 1 aromatic heterocycles. The lowest BCUT2D eigenvalue weighted by atomic mass is 10.2. The van der Waals surface area contributed by atoms with Crippen LogP contribution in [0.15, 0.2) is 42.5 Å². The van der Waals surface area contributed by atoms with E-state index in [1.165, 1.54) is 11.3 Å². The molecule has 116 valence electrons. The van der Waals surface area contributed by atoms with Crippen LogP contribution >= 0.6 is 22.9 Å². The molecular formula is C15H11ClN4O2S. The molecule has 2 aromatic carbocycles. The lowest BCUT2D eigenvalue weighted by Gasteiger charge is -2.05. The van der Waals surface area contributed by atoms with Crippen LogP contribution < -0.4 is 16.4 Å². The lowest BCUT2D eigenvalue weighted by Crippen LogP contribution is -2.19. The number of urea groups is 1. The van der Waals surface area contributed by atoms with Crippen LogP contribution in [0.2, 0.25) is 5.02 Å². The van der Waals surface area contributed by atoms with Crippen LogP contribution in [0.1, 0.15) is 10.4 Å². The van der Waals surface area contributed by atoms with Crippen molar-refractivity contribution in [2.75, 3.05) is 10.6 Å². The first-order valence-electron chi connectivity index (χ1n) is 6.55. The Hall–Kier alpha value is -2.64. The van der Waals surface area contributed by atoms with Gasteiger partial charge >= 0.3 is 6.03 Å². The zero-order valence-electron chi connectivity index (χ0n) is 11.7. The Balaban J connectivity index is 1.75. The molecule has 0 saturated carbocycles. The average Bonchev–Trinajstić information content (AvgIpc) is 2.87. The second-order valence-electron chi connectivity index (χ2n) is 4.66. The van der Waals surface area contributed by atoms with Crippen LogP contribution in [-0.2, 0) is 0 Å². The molecule has 8 heteroatoms. The van der Waals surface area contributed by atoms with Gasteiger partial charge in [0, 0.05) is 16.3 Å². The van der Waals surface area contributed by atoms with Crippen LogP contribution in [0, 0.1) is 0 Å². The van der Waals surface area contributed by atoms with Gasteiger partial charge in [-0.1, -0.05) is 29.0 Å². The van der Waals surface area contributed by atoms with Crippen molar-refractivity contribution in [1.82, 2.24) is 4.98 Å². The Morgan fingerprint density at radius 3 is 2.70 bits per heavy atom. The number of benzene rings is 2. The van der Waals surface area contributed by atoms with E-state index >= 15 is 0 Å². The first-order chi connectivity index (χ1) is 11.0. The minimum absolute atomic E-state index is 0.399. The zero-order chi connectivity index (χ0) is 16.4. The molecule has 3 rings (SSSR count). The van der Waals surface area contributed by atoms with Crippen molar-refractivity contribution in [1.29, 1.82) is 0 Å². The Morgan fingerprint density at radius 1 is 1.13 bits per heavy atom. The normalized spacial score (nSPS) is 10.5. The molecule has 0 fully saturated rings. The van der Waals surface area contributed by atoms with Crippen LogP contribution in [0.5, 0.6) is 0 Å². The van der Waals surface area contributed by atoms with E-state index in [0.29, 0.717) is 26.9 Å². The molecule has 6 nitrogen and oxygen atoms in total. The van der Waals surface area contributed by atoms with Crippen molar-refractivity contribution >= 4 is 55.9 Å². The second-order valence-corrected chi connectivity index (χ2v) is 6.12. The predicted octanol–water partition coefficient (Wildman–Crippen LogP) is 3.69. The standard InChI is InChI=1S/C15H11ClN4O2S/c16-9-2-1-3-10(7-9)18-14(22)20-15-19-11-5-4-8(13(17)21)6-12(11)23-15/h1-7H,(H2,17,21)(H2,18,19,20,22). The van der Waals surface area contributed by atoms with Gasteiger partial charge in [-0.3, -0.25) is 10.1 Å². The highest BCUT2D eigenvalue weighted by molar-refractivity contribution is 7.22. The Bertz CT molecular complexity index is 909. The van der Waals surface area contributed by atoms with Crippen molar-refractivity contribution in [3.05, 3.63) is 53.1 Å². The summed E-state index contributed by atoms with van der Waals surface area (Å²) in [4.78, 5) is 27.4. The minimum Gasteiger partial charge on any atom is -0.366 e. The number of halogens is 1. The molecule has 0 unspecified atom stereocenters. The average molecular weight is 347 g/mol. The van der Waals surface area contributed by atoms with Gasteiger partial charge < -0.3 is 11.1 Å². The quantitative estimate of drug-likeness (QED) is 0.674. The van der Waals surface area contributed by atoms with Gasteiger partial charge in [-0.2, -0.15) is 0 Å². The third-order valence-electron chi connectivity index (χ3n) is 2.98. The van der Waals surface area contributed by atoms with Crippen LogP contribution in [0.3, 0.4) is 0 Å². The number of thiazole rings is 1. The molecule has 0 saturated heterocycles. The fourth-order valence-electron chi connectivity index (χ4n) is 1.96. The summed E-state index contributed by atoms with van der Waals surface area (Å²) in [6.07, 6.45) is 0.